The van der Waals surface area contributed by atoms with Crippen molar-refractivity contribution in [2.45, 2.75) is 83.8 Å². The van der Waals surface area contributed by atoms with Crippen LogP contribution in [0, 0.1) is 6.92 Å². The number of benzene rings is 2. The van der Waals surface area contributed by atoms with Gasteiger partial charge in [0.1, 0.15) is 6.04 Å². The van der Waals surface area contributed by atoms with Gasteiger partial charge in [-0.05, 0) is 61.9 Å². The molecule has 0 radical (unpaired) electrons. The van der Waals surface area contributed by atoms with Crippen molar-refractivity contribution in [1.29, 1.82) is 0 Å². The van der Waals surface area contributed by atoms with Gasteiger partial charge >= 0.3 is 0 Å². The molecule has 1 saturated carbocycles. The Morgan fingerprint density at radius 2 is 1.77 bits per heavy atom. The Kier molecular flexibility index (Phi) is 11.5. The van der Waals surface area contributed by atoms with Crippen LogP contribution < -0.4 is 9.62 Å². The first-order chi connectivity index (χ1) is 18.5. The van der Waals surface area contributed by atoms with Crippen molar-refractivity contribution in [2.24, 2.45) is 0 Å². The van der Waals surface area contributed by atoms with E-state index in [0.717, 1.165) is 43.1 Å². The lowest BCUT2D eigenvalue weighted by atomic mass is 9.95. The van der Waals surface area contributed by atoms with Crippen LogP contribution in [0.2, 0.25) is 10.0 Å². The first-order valence-electron chi connectivity index (χ1n) is 13.6. The van der Waals surface area contributed by atoms with E-state index in [-0.39, 0.29) is 43.8 Å². The molecule has 1 aliphatic carbocycles. The van der Waals surface area contributed by atoms with E-state index in [0.29, 0.717) is 22.2 Å². The van der Waals surface area contributed by atoms with Crippen LogP contribution in [0.4, 0.5) is 5.69 Å². The molecule has 1 N–H and O–H groups in total. The summed E-state index contributed by atoms with van der Waals surface area (Å²) in [5.41, 5.74) is 2.01. The van der Waals surface area contributed by atoms with Gasteiger partial charge in [-0.15, -0.1) is 0 Å². The van der Waals surface area contributed by atoms with Crippen molar-refractivity contribution in [2.75, 3.05) is 17.1 Å². The van der Waals surface area contributed by atoms with Gasteiger partial charge < -0.3 is 10.2 Å². The number of nitrogens with one attached hydrogen (secondary N) is 1. The van der Waals surface area contributed by atoms with Crippen molar-refractivity contribution in [1.82, 2.24) is 10.2 Å². The van der Waals surface area contributed by atoms with E-state index in [1.807, 2.05) is 32.0 Å². The number of aryl methyl sites for hydroxylation is 1. The van der Waals surface area contributed by atoms with E-state index in [9.17, 15) is 18.0 Å². The predicted molar refractivity (Wildman–Crippen MR) is 159 cm³/mol. The maximum atomic E-state index is 13.7. The Morgan fingerprint density at radius 3 is 2.41 bits per heavy atom. The molecule has 0 aliphatic heterocycles. The molecule has 1 fully saturated rings. The Morgan fingerprint density at radius 1 is 1.08 bits per heavy atom. The summed E-state index contributed by atoms with van der Waals surface area (Å²) < 4.78 is 26.6. The van der Waals surface area contributed by atoms with Gasteiger partial charge in [0, 0.05) is 35.6 Å². The first kappa shape index (κ1) is 31.2. The van der Waals surface area contributed by atoms with Crippen LogP contribution in [0.1, 0.15) is 69.4 Å². The number of anilines is 1. The summed E-state index contributed by atoms with van der Waals surface area (Å²) in [4.78, 5) is 28.6. The lowest BCUT2D eigenvalue weighted by molar-refractivity contribution is -0.141. The van der Waals surface area contributed by atoms with E-state index in [4.69, 9.17) is 23.2 Å². The highest BCUT2D eigenvalue weighted by molar-refractivity contribution is 7.92. The summed E-state index contributed by atoms with van der Waals surface area (Å²) in [7, 11) is -3.61. The minimum absolute atomic E-state index is 0.0727. The average molecular weight is 597 g/mol. The number of hydrogen-bond acceptors (Lipinski definition) is 4. The predicted octanol–water partition coefficient (Wildman–Crippen LogP) is 6.10. The van der Waals surface area contributed by atoms with Crippen LogP contribution in [0.3, 0.4) is 0 Å². The molecule has 0 aromatic heterocycles. The van der Waals surface area contributed by atoms with Gasteiger partial charge in [0.05, 0.1) is 11.9 Å². The third-order valence-corrected chi connectivity index (χ3v) is 9.01. The van der Waals surface area contributed by atoms with Crippen LogP contribution >= 0.6 is 23.2 Å². The van der Waals surface area contributed by atoms with Gasteiger partial charge in [0.25, 0.3) is 0 Å². The fraction of sp³-hybridized carbons (Fsp3) is 0.517. The van der Waals surface area contributed by atoms with Crippen LogP contribution in [0.25, 0.3) is 0 Å². The molecular weight excluding hydrogens is 557 g/mol. The third kappa shape index (κ3) is 8.85. The quantitative estimate of drug-likeness (QED) is 0.321. The first-order valence-corrected chi connectivity index (χ1v) is 16.2. The summed E-state index contributed by atoms with van der Waals surface area (Å²) in [5, 5.41) is 4.12. The summed E-state index contributed by atoms with van der Waals surface area (Å²) in [6.45, 7) is 4.01. The van der Waals surface area contributed by atoms with Crippen molar-refractivity contribution >= 4 is 50.7 Å². The highest BCUT2D eigenvalue weighted by Gasteiger charge is 2.31. The number of halogens is 2. The average Bonchev–Trinajstić information content (AvgIpc) is 2.89. The molecule has 0 unspecified atom stereocenters. The molecule has 3 rings (SSSR count). The largest absolute Gasteiger partial charge is 0.352 e. The standard InChI is InChI=1S/C29H39Cl2N3O4S/c1-4-26(29(36)32-24-12-6-5-7-13-24)33(20-22-11-8-9-14-25(22)31)28(35)15-10-18-34(39(3,37)38)27-19-23(30)17-16-21(27)2/h8-9,11,14,16-17,19,24,26H,4-7,10,12-13,15,18,20H2,1-3H3,(H,32,36)/t26-/m0/s1. The minimum Gasteiger partial charge on any atom is -0.352 e. The van der Waals surface area contributed by atoms with Gasteiger partial charge in [-0.1, -0.05) is 73.7 Å². The summed E-state index contributed by atoms with van der Waals surface area (Å²) in [6.07, 6.45) is 7.20. The van der Waals surface area contributed by atoms with Crippen molar-refractivity contribution in [3.63, 3.8) is 0 Å². The molecule has 0 bridgehead atoms. The number of rotatable bonds is 12. The number of amides is 2. The molecule has 1 aliphatic rings. The molecule has 1 atom stereocenters. The normalized spacial score (nSPS) is 15.0. The van der Waals surface area contributed by atoms with Crippen LogP contribution in [-0.4, -0.2) is 50.0 Å². The second kappa shape index (κ2) is 14.4. The lowest BCUT2D eigenvalue weighted by Crippen LogP contribution is -2.51. The zero-order valence-corrected chi connectivity index (χ0v) is 25.3. The lowest BCUT2D eigenvalue weighted by Gasteiger charge is -2.33. The number of sulfonamides is 1. The fourth-order valence-electron chi connectivity index (χ4n) is 5.11. The molecule has 7 nitrogen and oxygen atoms in total. The Bertz CT molecular complexity index is 1250. The fourth-order valence-corrected chi connectivity index (χ4v) is 6.48. The Balaban J connectivity index is 1.79. The van der Waals surface area contributed by atoms with Gasteiger partial charge in [0.2, 0.25) is 21.8 Å². The molecule has 2 amide bonds. The molecule has 214 valence electrons. The maximum Gasteiger partial charge on any atom is 0.243 e. The molecule has 0 saturated heterocycles. The van der Waals surface area contributed by atoms with E-state index >= 15 is 0 Å². The zero-order chi connectivity index (χ0) is 28.6. The van der Waals surface area contributed by atoms with Gasteiger partial charge in [-0.3, -0.25) is 13.9 Å². The Hall–Kier alpha value is -2.29. The number of hydrogen-bond donors (Lipinski definition) is 1. The van der Waals surface area contributed by atoms with Crippen molar-refractivity contribution < 1.29 is 18.0 Å². The Labute approximate surface area is 242 Å². The molecular formula is C29H39Cl2N3O4S. The molecule has 10 heteroatoms. The monoisotopic (exact) mass is 595 g/mol. The van der Waals surface area contributed by atoms with Crippen LogP contribution in [0.15, 0.2) is 42.5 Å². The zero-order valence-electron chi connectivity index (χ0n) is 23.0. The van der Waals surface area contributed by atoms with E-state index in [2.05, 4.69) is 5.32 Å². The van der Waals surface area contributed by atoms with Crippen molar-refractivity contribution in [3.05, 3.63) is 63.6 Å². The third-order valence-electron chi connectivity index (χ3n) is 7.23. The molecule has 2 aromatic carbocycles. The number of carbonyl (C=O) groups excluding carboxylic acids is 2. The maximum absolute atomic E-state index is 13.7. The summed E-state index contributed by atoms with van der Waals surface area (Å²) in [5.74, 6) is -0.381. The van der Waals surface area contributed by atoms with Gasteiger partial charge in [-0.25, -0.2) is 8.42 Å². The topological polar surface area (TPSA) is 86.8 Å². The van der Waals surface area contributed by atoms with Gasteiger partial charge in [0.15, 0.2) is 0 Å². The highest BCUT2D eigenvalue weighted by Crippen LogP contribution is 2.27. The summed E-state index contributed by atoms with van der Waals surface area (Å²) in [6, 6.07) is 11.9. The molecule has 0 heterocycles. The van der Waals surface area contributed by atoms with E-state index in [1.54, 1.807) is 29.2 Å². The second-order valence-corrected chi connectivity index (χ2v) is 13.0. The SMILES string of the molecule is CC[C@@H](C(=O)NC1CCCCC1)N(Cc1ccccc1Cl)C(=O)CCCN(c1cc(Cl)ccc1C)S(C)(=O)=O. The summed E-state index contributed by atoms with van der Waals surface area (Å²) >= 11 is 12.6. The van der Waals surface area contributed by atoms with E-state index in [1.165, 1.54) is 10.7 Å². The van der Waals surface area contributed by atoms with Crippen molar-refractivity contribution in [3.8, 4) is 0 Å². The minimum atomic E-state index is -3.61. The number of nitrogens with zero attached hydrogens (tertiary/aromatic N) is 2. The van der Waals surface area contributed by atoms with E-state index < -0.39 is 16.1 Å². The number of carbonyl (C=O) groups is 2. The molecule has 0 spiro atoms. The van der Waals surface area contributed by atoms with Gasteiger partial charge in [-0.2, -0.15) is 0 Å². The van der Waals surface area contributed by atoms with Crippen LogP contribution in [-0.2, 0) is 26.2 Å². The molecule has 2 aromatic rings. The van der Waals surface area contributed by atoms with Crippen LogP contribution in [0.5, 0.6) is 0 Å². The second-order valence-electron chi connectivity index (χ2n) is 10.3. The smallest absolute Gasteiger partial charge is 0.243 e. The highest BCUT2D eigenvalue weighted by atomic mass is 35.5. The molecule has 39 heavy (non-hydrogen) atoms.